The molecule has 0 radical (unpaired) electrons. The number of hydrogen-bond acceptors (Lipinski definition) is 4. The molecule has 1 fully saturated rings. The molecule has 1 aliphatic carbocycles. The fourth-order valence-electron chi connectivity index (χ4n) is 2.11. The molecule has 0 unspecified atom stereocenters. The number of halogens is 1. The van der Waals surface area contributed by atoms with Gasteiger partial charge in [-0.1, -0.05) is 24.4 Å². The van der Waals surface area contributed by atoms with Crippen LogP contribution in [-0.2, 0) is 6.54 Å². The van der Waals surface area contributed by atoms with Gasteiger partial charge in [0.2, 0.25) is 0 Å². The Balaban J connectivity index is 2.18. The third-order valence-electron chi connectivity index (χ3n) is 3.01. The largest absolute Gasteiger partial charge is 0.394 e. The van der Waals surface area contributed by atoms with Crippen molar-refractivity contribution in [1.82, 2.24) is 9.78 Å². The van der Waals surface area contributed by atoms with Gasteiger partial charge in [0.05, 0.1) is 25.0 Å². The zero-order valence-corrected chi connectivity index (χ0v) is 10.3. The fourth-order valence-corrected chi connectivity index (χ4v) is 2.31. The van der Waals surface area contributed by atoms with Crippen molar-refractivity contribution >= 4 is 17.3 Å². The second-order valence-corrected chi connectivity index (χ2v) is 4.63. The minimum atomic E-state index is -0.358. The summed E-state index contributed by atoms with van der Waals surface area (Å²) in [5.74, 6) is 0. The van der Waals surface area contributed by atoms with E-state index < -0.39 is 0 Å². The lowest BCUT2D eigenvalue weighted by Crippen LogP contribution is -2.27. The molecule has 1 aromatic rings. The number of nitrogens with one attached hydrogen (secondary N) is 1. The Morgan fingerprint density at radius 2 is 2.24 bits per heavy atom. The number of aliphatic hydroxyl groups is 1. The topological polar surface area (TPSA) is 67.2 Å². The van der Waals surface area contributed by atoms with Crippen molar-refractivity contribution in [2.24, 2.45) is 0 Å². The Hall–Kier alpha value is -1.07. The highest BCUT2D eigenvalue weighted by molar-refractivity contribution is 6.32. The van der Waals surface area contributed by atoms with Gasteiger partial charge in [0, 0.05) is 6.04 Å². The molecule has 0 spiro atoms. The first-order valence-corrected chi connectivity index (χ1v) is 6.23. The third kappa shape index (κ3) is 2.79. The average Bonchev–Trinajstić information content (AvgIpc) is 2.82. The lowest BCUT2D eigenvalue weighted by molar-refractivity contribution is 0.266. The molecular weight excluding hydrogens is 242 g/mol. The van der Waals surface area contributed by atoms with Crippen LogP contribution < -0.4 is 10.9 Å². The van der Waals surface area contributed by atoms with Crippen molar-refractivity contribution in [1.29, 1.82) is 0 Å². The van der Waals surface area contributed by atoms with Crippen LogP contribution in [0, 0.1) is 0 Å². The highest BCUT2D eigenvalue weighted by Gasteiger charge is 2.17. The molecule has 94 valence electrons. The predicted octanol–water partition coefficient (Wildman–Crippen LogP) is 1.24. The molecule has 6 heteroatoms. The van der Waals surface area contributed by atoms with Gasteiger partial charge in [-0.15, -0.1) is 0 Å². The van der Waals surface area contributed by atoms with Gasteiger partial charge in [-0.25, -0.2) is 4.68 Å². The van der Waals surface area contributed by atoms with Gasteiger partial charge in [0.1, 0.15) is 5.02 Å². The van der Waals surface area contributed by atoms with Gasteiger partial charge in [-0.05, 0) is 12.8 Å². The summed E-state index contributed by atoms with van der Waals surface area (Å²) in [6.45, 7) is 0.0426. The van der Waals surface area contributed by atoms with Gasteiger partial charge in [-0.3, -0.25) is 4.79 Å². The summed E-state index contributed by atoms with van der Waals surface area (Å²) in [5.41, 5.74) is 0.237. The smallest absolute Gasteiger partial charge is 0.287 e. The maximum atomic E-state index is 11.8. The molecule has 2 rings (SSSR count). The van der Waals surface area contributed by atoms with E-state index in [1.54, 1.807) is 6.20 Å². The summed E-state index contributed by atoms with van der Waals surface area (Å²) in [4.78, 5) is 11.8. The Bertz CT molecular complexity index is 441. The summed E-state index contributed by atoms with van der Waals surface area (Å²) in [6, 6.07) is 0.391. The summed E-state index contributed by atoms with van der Waals surface area (Å²) in [5, 5.41) is 16.1. The highest BCUT2D eigenvalue weighted by Crippen LogP contribution is 2.24. The highest BCUT2D eigenvalue weighted by atomic mass is 35.5. The summed E-state index contributed by atoms with van der Waals surface area (Å²) in [6.07, 6.45) is 6.19. The third-order valence-corrected chi connectivity index (χ3v) is 3.38. The Morgan fingerprint density at radius 1 is 1.53 bits per heavy atom. The molecular formula is C11H16ClN3O2. The van der Waals surface area contributed by atoms with Gasteiger partial charge in [0.15, 0.2) is 0 Å². The van der Waals surface area contributed by atoms with Crippen LogP contribution in [-0.4, -0.2) is 27.5 Å². The van der Waals surface area contributed by atoms with Gasteiger partial charge < -0.3 is 10.4 Å². The van der Waals surface area contributed by atoms with Crippen LogP contribution in [0.2, 0.25) is 5.02 Å². The summed E-state index contributed by atoms with van der Waals surface area (Å²) >= 11 is 6.00. The SMILES string of the molecule is O=c1c(Cl)c(NC2CCCC2)cnn1CCO. The molecule has 0 aliphatic heterocycles. The van der Waals surface area contributed by atoms with Crippen molar-refractivity contribution in [3.05, 3.63) is 21.6 Å². The second-order valence-electron chi connectivity index (χ2n) is 4.25. The van der Waals surface area contributed by atoms with Crippen LogP contribution in [0.4, 0.5) is 5.69 Å². The minimum Gasteiger partial charge on any atom is -0.394 e. The molecule has 0 aromatic carbocycles. The quantitative estimate of drug-likeness (QED) is 0.852. The van der Waals surface area contributed by atoms with E-state index in [1.807, 2.05) is 0 Å². The maximum Gasteiger partial charge on any atom is 0.287 e. The van der Waals surface area contributed by atoms with Crippen molar-refractivity contribution < 1.29 is 5.11 Å². The number of nitrogens with zero attached hydrogens (tertiary/aromatic N) is 2. The van der Waals surface area contributed by atoms with Gasteiger partial charge >= 0.3 is 0 Å². The number of anilines is 1. The number of rotatable bonds is 4. The molecule has 17 heavy (non-hydrogen) atoms. The molecule has 0 atom stereocenters. The Morgan fingerprint density at radius 3 is 2.88 bits per heavy atom. The van der Waals surface area contributed by atoms with Crippen molar-refractivity contribution in [3.63, 3.8) is 0 Å². The van der Waals surface area contributed by atoms with Crippen molar-refractivity contribution in [2.75, 3.05) is 11.9 Å². The van der Waals surface area contributed by atoms with Gasteiger partial charge in [0.25, 0.3) is 5.56 Å². The van der Waals surface area contributed by atoms with Gasteiger partial charge in [-0.2, -0.15) is 5.10 Å². The van der Waals surface area contributed by atoms with E-state index >= 15 is 0 Å². The van der Waals surface area contributed by atoms with Crippen LogP contribution in [0.3, 0.4) is 0 Å². The fraction of sp³-hybridized carbons (Fsp3) is 0.636. The molecule has 1 heterocycles. The Labute approximate surface area is 104 Å². The zero-order valence-electron chi connectivity index (χ0n) is 9.53. The first-order valence-electron chi connectivity index (χ1n) is 5.85. The lowest BCUT2D eigenvalue weighted by atomic mass is 10.2. The number of hydrogen-bond donors (Lipinski definition) is 2. The van der Waals surface area contributed by atoms with Crippen LogP contribution in [0.25, 0.3) is 0 Å². The van der Waals surface area contributed by atoms with Crippen LogP contribution >= 0.6 is 11.6 Å². The molecule has 5 nitrogen and oxygen atoms in total. The predicted molar refractivity (Wildman–Crippen MR) is 66.5 cm³/mol. The molecule has 0 saturated heterocycles. The van der Waals surface area contributed by atoms with Crippen LogP contribution in [0.15, 0.2) is 11.0 Å². The first kappa shape index (κ1) is 12.4. The van der Waals surface area contributed by atoms with E-state index in [0.29, 0.717) is 11.7 Å². The maximum absolute atomic E-state index is 11.8. The summed E-state index contributed by atoms with van der Waals surface area (Å²) < 4.78 is 1.17. The molecule has 2 N–H and O–H groups in total. The minimum absolute atomic E-state index is 0.126. The average molecular weight is 258 g/mol. The monoisotopic (exact) mass is 257 g/mol. The van der Waals surface area contributed by atoms with E-state index in [1.165, 1.54) is 17.5 Å². The van der Waals surface area contributed by atoms with E-state index in [-0.39, 0.29) is 23.7 Å². The second kappa shape index (κ2) is 5.51. The molecule has 0 bridgehead atoms. The molecule has 1 aliphatic rings. The van der Waals surface area contributed by atoms with E-state index in [2.05, 4.69) is 10.4 Å². The van der Waals surface area contributed by atoms with Crippen LogP contribution in [0.1, 0.15) is 25.7 Å². The molecule has 1 saturated carbocycles. The van der Waals surface area contributed by atoms with E-state index in [9.17, 15) is 4.79 Å². The number of aromatic nitrogens is 2. The van der Waals surface area contributed by atoms with Crippen molar-refractivity contribution in [2.45, 2.75) is 38.3 Å². The standard InChI is InChI=1S/C11H16ClN3O2/c12-10-9(14-8-3-1-2-4-8)7-13-15(5-6-16)11(10)17/h7-8,14,16H,1-6H2. The first-order chi connectivity index (χ1) is 8.22. The van der Waals surface area contributed by atoms with Crippen molar-refractivity contribution in [3.8, 4) is 0 Å². The molecule has 0 amide bonds. The number of aliphatic hydroxyl groups excluding tert-OH is 1. The van der Waals surface area contributed by atoms with E-state index in [4.69, 9.17) is 16.7 Å². The lowest BCUT2D eigenvalue weighted by Gasteiger charge is -2.14. The van der Waals surface area contributed by atoms with E-state index in [0.717, 1.165) is 12.8 Å². The Kier molecular flexibility index (Phi) is 4.02. The zero-order chi connectivity index (χ0) is 12.3. The normalized spacial score (nSPS) is 16.4. The van der Waals surface area contributed by atoms with Crippen LogP contribution in [0.5, 0.6) is 0 Å². The summed E-state index contributed by atoms with van der Waals surface area (Å²) in [7, 11) is 0. The molecule has 1 aromatic heterocycles.